The molecule has 0 aliphatic heterocycles. The van der Waals surface area contributed by atoms with Gasteiger partial charge in [0.2, 0.25) is 5.76 Å². The zero-order chi connectivity index (χ0) is 18.7. The Bertz CT molecular complexity index is 1040. The van der Waals surface area contributed by atoms with E-state index in [0.29, 0.717) is 5.39 Å². The van der Waals surface area contributed by atoms with Gasteiger partial charge in [0.25, 0.3) is 5.91 Å². The van der Waals surface area contributed by atoms with Gasteiger partial charge in [0.15, 0.2) is 11.5 Å². The minimum absolute atomic E-state index is 0.0300. The molecule has 1 heterocycles. The largest absolute Gasteiger partial charge is 0.449 e. The Hall–Kier alpha value is -3.48. The molecular formula is C19H14FNO5. The third-order valence-electron chi connectivity index (χ3n) is 3.62. The molecule has 1 amide bonds. The van der Waals surface area contributed by atoms with E-state index in [-0.39, 0.29) is 17.0 Å². The predicted octanol–water partition coefficient (Wildman–Crippen LogP) is 3.12. The zero-order valence-corrected chi connectivity index (χ0v) is 13.7. The molecule has 0 spiro atoms. The maximum Gasteiger partial charge on any atom is 0.375 e. The monoisotopic (exact) mass is 355 g/mol. The SMILES string of the molecule is C[C@H](OC(=O)c1cc(=O)c2ccccc2o1)C(=O)Nc1ccccc1F. The molecule has 1 atom stereocenters. The molecule has 3 rings (SSSR count). The Kier molecular flexibility index (Phi) is 4.79. The number of benzene rings is 2. The Balaban J connectivity index is 1.74. The third kappa shape index (κ3) is 3.61. The van der Waals surface area contributed by atoms with Crippen LogP contribution in [0.1, 0.15) is 17.5 Å². The lowest BCUT2D eigenvalue weighted by Gasteiger charge is -2.13. The van der Waals surface area contributed by atoms with E-state index in [1.165, 1.54) is 25.1 Å². The quantitative estimate of drug-likeness (QED) is 0.727. The molecule has 2 aromatic carbocycles. The molecule has 6 nitrogen and oxygen atoms in total. The lowest BCUT2D eigenvalue weighted by atomic mass is 10.2. The summed E-state index contributed by atoms with van der Waals surface area (Å²) < 4.78 is 23.9. The van der Waals surface area contributed by atoms with Crippen molar-refractivity contribution in [3.8, 4) is 0 Å². The van der Waals surface area contributed by atoms with Crippen molar-refractivity contribution in [2.45, 2.75) is 13.0 Å². The molecular weight excluding hydrogens is 341 g/mol. The molecule has 7 heteroatoms. The van der Waals surface area contributed by atoms with E-state index in [0.717, 1.165) is 6.07 Å². The minimum Gasteiger partial charge on any atom is -0.449 e. The Labute approximate surface area is 147 Å². The van der Waals surface area contributed by atoms with E-state index in [4.69, 9.17) is 9.15 Å². The second-order valence-corrected chi connectivity index (χ2v) is 5.49. The summed E-state index contributed by atoms with van der Waals surface area (Å²) in [6.45, 7) is 1.33. The maximum atomic E-state index is 13.6. The highest BCUT2D eigenvalue weighted by Crippen LogP contribution is 2.15. The van der Waals surface area contributed by atoms with Gasteiger partial charge in [-0.05, 0) is 31.2 Å². The minimum atomic E-state index is -1.22. The Morgan fingerprint density at radius 2 is 1.81 bits per heavy atom. The number of carbonyl (C=O) groups is 2. The number of ether oxygens (including phenoxy) is 1. The summed E-state index contributed by atoms with van der Waals surface area (Å²) >= 11 is 0. The zero-order valence-electron chi connectivity index (χ0n) is 13.7. The number of esters is 1. The molecule has 132 valence electrons. The number of hydrogen-bond acceptors (Lipinski definition) is 5. The number of para-hydroxylation sites is 2. The fraction of sp³-hybridized carbons (Fsp3) is 0.105. The maximum absolute atomic E-state index is 13.6. The molecule has 0 aliphatic rings. The van der Waals surface area contributed by atoms with Crippen molar-refractivity contribution in [2.24, 2.45) is 0 Å². The summed E-state index contributed by atoms with van der Waals surface area (Å²) in [5.74, 6) is -2.62. The second kappa shape index (κ2) is 7.18. The number of hydrogen-bond donors (Lipinski definition) is 1. The number of anilines is 1. The molecule has 0 saturated heterocycles. The summed E-state index contributed by atoms with van der Waals surface area (Å²) in [5, 5.41) is 2.65. The van der Waals surface area contributed by atoms with Gasteiger partial charge in [0.1, 0.15) is 11.4 Å². The van der Waals surface area contributed by atoms with Crippen molar-refractivity contribution < 1.29 is 23.1 Å². The Morgan fingerprint density at radius 1 is 1.12 bits per heavy atom. The van der Waals surface area contributed by atoms with Crippen LogP contribution in [0, 0.1) is 5.82 Å². The molecule has 0 unspecified atom stereocenters. The van der Waals surface area contributed by atoms with E-state index in [2.05, 4.69) is 5.32 Å². The fourth-order valence-electron chi connectivity index (χ4n) is 2.27. The number of nitrogens with one attached hydrogen (secondary N) is 1. The normalized spacial score (nSPS) is 11.8. The number of rotatable bonds is 4. The number of halogens is 1. The second-order valence-electron chi connectivity index (χ2n) is 5.49. The van der Waals surface area contributed by atoms with Crippen LogP contribution in [0.25, 0.3) is 11.0 Å². The van der Waals surface area contributed by atoms with Crippen LogP contribution in [0.4, 0.5) is 10.1 Å². The van der Waals surface area contributed by atoms with Gasteiger partial charge in [0.05, 0.1) is 11.1 Å². The predicted molar refractivity (Wildman–Crippen MR) is 92.4 cm³/mol. The fourth-order valence-corrected chi connectivity index (χ4v) is 2.27. The average molecular weight is 355 g/mol. The van der Waals surface area contributed by atoms with Crippen LogP contribution in [0.15, 0.2) is 63.8 Å². The molecule has 3 aromatic rings. The first-order valence-corrected chi connectivity index (χ1v) is 7.75. The highest BCUT2D eigenvalue weighted by molar-refractivity contribution is 5.97. The van der Waals surface area contributed by atoms with Gasteiger partial charge in [-0.3, -0.25) is 9.59 Å². The van der Waals surface area contributed by atoms with Crippen molar-refractivity contribution in [3.05, 3.63) is 76.4 Å². The van der Waals surface area contributed by atoms with Crippen molar-refractivity contribution in [3.63, 3.8) is 0 Å². The molecule has 0 radical (unpaired) electrons. The standard InChI is InChI=1S/C19H14FNO5/c1-11(18(23)21-14-8-4-3-7-13(14)20)25-19(24)17-10-15(22)12-6-2-5-9-16(12)26-17/h2-11H,1H3,(H,21,23)/t11-/m0/s1. The molecule has 0 bridgehead atoms. The van der Waals surface area contributed by atoms with Crippen molar-refractivity contribution in [1.82, 2.24) is 0 Å². The highest BCUT2D eigenvalue weighted by Gasteiger charge is 2.22. The van der Waals surface area contributed by atoms with Gasteiger partial charge in [-0.2, -0.15) is 0 Å². The molecule has 0 saturated carbocycles. The van der Waals surface area contributed by atoms with Crippen LogP contribution in [-0.2, 0) is 9.53 Å². The number of amides is 1. The first-order chi connectivity index (χ1) is 12.5. The van der Waals surface area contributed by atoms with Crippen LogP contribution >= 0.6 is 0 Å². The van der Waals surface area contributed by atoms with Gasteiger partial charge in [0, 0.05) is 6.07 Å². The summed E-state index contributed by atoms with van der Waals surface area (Å²) in [5.41, 5.74) is -0.199. The van der Waals surface area contributed by atoms with Crippen LogP contribution in [0.3, 0.4) is 0 Å². The van der Waals surface area contributed by atoms with Crippen LogP contribution < -0.4 is 10.7 Å². The van der Waals surface area contributed by atoms with Crippen LogP contribution in [0.2, 0.25) is 0 Å². The van der Waals surface area contributed by atoms with E-state index in [1.807, 2.05) is 0 Å². The van der Waals surface area contributed by atoms with Crippen molar-refractivity contribution in [1.29, 1.82) is 0 Å². The topological polar surface area (TPSA) is 85.6 Å². The third-order valence-corrected chi connectivity index (χ3v) is 3.62. The molecule has 0 aliphatic carbocycles. The van der Waals surface area contributed by atoms with Crippen LogP contribution in [0.5, 0.6) is 0 Å². The summed E-state index contributed by atoms with van der Waals surface area (Å²) in [6.07, 6.45) is -1.22. The molecule has 0 fully saturated rings. The number of carbonyl (C=O) groups excluding carboxylic acids is 2. The molecule has 1 aromatic heterocycles. The molecule has 26 heavy (non-hydrogen) atoms. The van der Waals surface area contributed by atoms with Crippen molar-refractivity contribution >= 4 is 28.5 Å². The van der Waals surface area contributed by atoms with E-state index >= 15 is 0 Å². The Morgan fingerprint density at radius 3 is 2.58 bits per heavy atom. The van der Waals surface area contributed by atoms with E-state index in [9.17, 15) is 18.8 Å². The van der Waals surface area contributed by atoms with Gasteiger partial charge in [-0.25, -0.2) is 9.18 Å². The number of fused-ring (bicyclic) bond motifs is 1. The van der Waals surface area contributed by atoms with Crippen molar-refractivity contribution in [2.75, 3.05) is 5.32 Å². The lowest BCUT2D eigenvalue weighted by Crippen LogP contribution is -2.30. The molecule has 1 N–H and O–H groups in total. The summed E-state index contributed by atoms with van der Waals surface area (Å²) in [4.78, 5) is 36.2. The van der Waals surface area contributed by atoms with E-state index < -0.39 is 29.2 Å². The summed E-state index contributed by atoms with van der Waals surface area (Å²) in [6, 6.07) is 13.1. The van der Waals surface area contributed by atoms with Gasteiger partial charge < -0.3 is 14.5 Å². The average Bonchev–Trinajstić information content (AvgIpc) is 2.63. The summed E-state index contributed by atoms with van der Waals surface area (Å²) in [7, 11) is 0. The van der Waals surface area contributed by atoms with E-state index in [1.54, 1.807) is 30.3 Å². The first kappa shape index (κ1) is 17.3. The highest BCUT2D eigenvalue weighted by atomic mass is 19.1. The van der Waals surface area contributed by atoms with Gasteiger partial charge in [-0.1, -0.05) is 24.3 Å². The lowest BCUT2D eigenvalue weighted by molar-refractivity contribution is -0.123. The smallest absolute Gasteiger partial charge is 0.375 e. The first-order valence-electron chi connectivity index (χ1n) is 7.75. The van der Waals surface area contributed by atoms with Crippen LogP contribution in [-0.4, -0.2) is 18.0 Å². The van der Waals surface area contributed by atoms with Gasteiger partial charge in [-0.15, -0.1) is 0 Å². The van der Waals surface area contributed by atoms with Gasteiger partial charge >= 0.3 is 5.97 Å².